The summed E-state index contributed by atoms with van der Waals surface area (Å²) in [5, 5.41) is 3.37. The number of benzene rings is 7. The average Bonchev–Trinajstić information content (AvgIpc) is 3.63. The molecular formula is C45H29N3O. The number of furan rings is 1. The molecule has 2 aromatic heterocycles. The molecule has 0 aliphatic rings. The molecule has 230 valence electrons. The molecule has 0 aliphatic carbocycles. The van der Waals surface area contributed by atoms with E-state index in [1.807, 2.05) is 36.4 Å². The molecule has 0 unspecified atom stereocenters. The second-order valence-electron chi connectivity index (χ2n) is 12.1. The Hall–Kier alpha value is -6.65. The lowest BCUT2D eigenvalue weighted by molar-refractivity contribution is 0.631. The molecule has 0 fully saturated rings. The van der Waals surface area contributed by atoms with Gasteiger partial charge in [-0.05, 0) is 57.3 Å². The van der Waals surface area contributed by atoms with Crippen molar-refractivity contribution in [1.29, 1.82) is 0 Å². The average molecular weight is 628 g/mol. The predicted molar refractivity (Wildman–Crippen MR) is 200 cm³/mol. The maximum Gasteiger partial charge on any atom is 0.164 e. The Labute approximate surface area is 284 Å². The summed E-state index contributed by atoms with van der Waals surface area (Å²) in [4.78, 5) is 15.3. The van der Waals surface area contributed by atoms with Gasteiger partial charge in [-0.1, -0.05) is 152 Å². The van der Waals surface area contributed by atoms with Crippen molar-refractivity contribution in [3.05, 3.63) is 176 Å². The fourth-order valence-corrected chi connectivity index (χ4v) is 6.40. The van der Waals surface area contributed by atoms with Crippen LogP contribution in [0.3, 0.4) is 0 Å². The third-order valence-corrected chi connectivity index (χ3v) is 8.95. The molecule has 4 heteroatoms. The van der Waals surface area contributed by atoms with Crippen LogP contribution in [0.4, 0.5) is 0 Å². The van der Waals surface area contributed by atoms with Gasteiger partial charge in [-0.15, -0.1) is 0 Å². The van der Waals surface area contributed by atoms with Gasteiger partial charge in [0.05, 0.1) is 0 Å². The molecule has 4 nitrogen and oxygen atoms in total. The molecule has 9 rings (SSSR count). The molecule has 49 heavy (non-hydrogen) atoms. The second-order valence-corrected chi connectivity index (χ2v) is 12.1. The zero-order valence-electron chi connectivity index (χ0n) is 26.5. The number of fused-ring (bicyclic) bond motifs is 2. The van der Waals surface area contributed by atoms with Crippen molar-refractivity contribution in [1.82, 2.24) is 15.0 Å². The number of aromatic nitrogens is 3. The molecule has 0 atom stereocenters. The summed E-state index contributed by atoms with van der Waals surface area (Å²) >= 11 is 0. The van der Waals surface area contributed by atoms with E-state index in [0.717, 1.165) is 60.9 Å². The molecule has 7 aromatic carbocycles. The summed E-state index contributed by atoms with van der Waals surface area (Å²) in [5.41, 5.74) is 9.21. The maximum atomic E-state index is 6.14. The second kappa shape index (κ2) is 12.2. The van der Waals surface area contributed by atoms with Crippen LogP contribution in [0.2, 0.25) is 0 Å². The van der Waals surface area contributed by atoms with Gasteiger partial charge in [0.2, 0.25) is 0 Å². The first kappa shape index (κ1) is 28.6. The van der Waals surface area contributed by atoms with E-state index in [0.29, 0.717) is 17.5 Å². The van der Waals surface area contributed by atoms with Crippen molar-refractivity contribution in [3.8, 4) is 67.7 Å². The van der Waals surface area contributed by atoms with Crippen molar-refractivity contribution in [2.24, 2.45) is 0 Å². The highest BCUT2D eigenvalue weighted by atomic mass is 16.3. The Morgan fingerprint density at radius 2 is 0.837 bits per heavy atom. The number of para-hydroxylation sites is 1. The molecule has 0 spiro atoms. The SMILES string of the molecule is c1ccc(-c2ccc3cc(-c4nc(-c5ccc(-c6cc7ccccc7o6)cc5)nc(-c5ccccc5-c5ccccc5)n4)ccc3c2)cc1. The van der Waals surface area contributed by atoms with Crippen LogP contribution >= 0.6 is 0 Å². The molecule has 0 saturated heterocycles. The van der Waals surface area contributed by atoms with Crippen molar-refractivity contribution < 1.29 is 4.42 Å². The molecular weight excluding hydrogens is 599 g/mol. The molecule has 0 bridgehead atoms. The van der Waals surface area contributed by atoms with E-state index in [4.69, 9.17) is 19.4 Å². The zero-order valence-corrected chi connectivity index (χ0v) is 26.5. The van der Waals surface area contributed by atoms with Crippen LogP contribution in [-0.2, 0) is 0 Å². The van der Waals surface area contributed by atoms with Gasteiger partial charge in [-0.2, -0.15) is 0 Å². The Bertz CT molecular complexity index is 2560. The lowest BCUT2D eigenvalue weighted by Gasteiger charge is -2.12. The Kier molecular flexibility index (Phi) is 7.10. The normalized spacial score (nSPS) is 11.3. The Morgan fingerprint density at radius 1 is 0.306 bits per heavy atom. The third kappa shape index (κ3) is 5.56. The number of hydrogen-bond acceptors (Lipinski definition) is 4. The minimum Gasteiger partial charge on any atom is -0.456 e. The van der Waals surface area contributed by atoms with Crippen LogP contribution in [0.1, 0.15) is 0 Å². The van der Waals surface area contributed by atoms with E-state index in [2.05, 4.69) is 140 Å². The van der Waals surface area contributed by atoms with E-state index in [1.165, 1.54) is 11.1 Å². The van der Waals surface area contributed by atoms with Gasteiger partial charge in [0.25, 0.3) is 0 Å². The molecule has 9 aromatic rings. The monoisotopic (exact) mass is 627 g/mol. The minimum atomic E-state index is 0.610. The smallest absolute Gasteiger partial charge is 0.164 e. The van der Waals surface area contributed by atoms with Crippen LogP contribution in [-0.4, -0.2) is 15.0 Å². The summed E-state index contributed by atoms with van der Waals surface area (Å²) in [6, 6.07) is 60.5. The summed E-state index contributed by atoms with van der Waals surface area (Å²) in [7, 11) is 0. The molecule has 2 heterocycles. The predicted octanol–water partition coefficient (Wildman–Crippen LogP) is 11.8. The summed E-state index contributed by atoms with van der Waals surface area (Å²) in [6.07, 6.45) is 0. The fraction of sp³-hybridized carbons (Fsp3) is 0. The Morgan fingerprint density at radius 3 is 1.57 bits per heavy atom. The lowest BCUT2D eigenvalue weighted by Crippen LogP contribution is -2.01. The van der Waals surface area contributed by atoms with Gasteiger partial charge in [0.15, 0.2) is 17.5 Å². The van der Waals surface area contributed by atoms with Crippen LogP contribution < -0.4 is 0 Å². The van der Waals surface area contributed by atoms with Crippen molar-refractivity contribution >= 4 is 21.7 Å². The summed E-state index contributed by atoms with van der Waals surface area (Å²) in [5.74, 6) is 2.69. The van der Waals surface area contributed by atoms with Crippen molar-refractivity contribution in [2.45, 2.75) is 0 Å². The maximum absolute atomic E-state index is 6.14. The highest BCUT2D eigenvalue weighted by molar-refractivity contribution is 5.91. The number of nitrogens with zero attached hydrogens (tertiary/aromatic N) is 3. The van der Waals surface area contributed by atoms with Gasteiger partial charge in [-0.3, -0.25) is 0 Å². The van der Waals surface area contributed by atoms with Gasteiger partial charge in [0, 0.05) is 27.6 Å². The molecule has 0 amide bonds. The van der Waals surface area contributed by atoms with Crippen LogP contribution in [0.25, 0.3) is 89.5 Å². The fourth-order valence-electron chi connectivity index (χ4n) is 6.40. The van der Waals surface area contributed by atoms with Gasteiger partial charge < -0.3 is 4.42 Å². The number of hydrogen-bond donors (Lipinski definition) is 0. The molecule has 0 radical (unpaired) electrons. The zero-order chi connectivity index (χ0) is 32.6. The minimum absolute atomic E-state index is 0.610. The summed E-state index contributed by atoms with van der Waals surface area (Å²) < 4.78 is 6.14. The largest absolute Gasteiger partial charge is 0.456 e. The van der Waals surface area contributed by atoms with Gasteiger partial charge in [0.1, 0.15) is 11.3 Å². The number of rotatable bonds is 6. The first-order valence-corrected chi connectivity index (χ1v) is 16.4. The molecule has 0 saturated carbocycles. The van der Waals surface area contributed by atoms with E-state index in [-0.39, 0.29) is 0 Å². The van der Waals surface area contributed by atoms with Crippen LogP contribution in [0, 0.1) is 0 Å². The van der Waals surface area contributed by atoms with E-state index >= 15 is 0 Å². The van der Waals surface area contributed by atoms with E-state index in [1.54, 1.807) is 0 Å². The quantitative estimate of drug-likeness (QED) is 0.184. The topological polar surface area (TPSA) is 51.8 Å². The van der Waals surface area contributed by atoms with E-state index in [9.17, 15) is 0 Å². The van der Waals surface area contributed by atoms with Gasteiger partial charge in [-0.25, -0.2) is 15.0 Å². The molecule has 0 N–H and O–H groups in total. The summed E-state index contributed by atoms with van der Waals surface area (Å²) in [6.45, 7) is 0. The van der Waals surface area contributed by atoms with Crippen LogP contribution in [0.15, 0.2) is 180 Å². The molecule has 0 aliphatic heterocycles. The third-order valence-electron chi connectivity index (χ3n) is 8.95. The first-order valence-electron chi connectivity index (χ1n) is 16.4. The highest BCUT2D eigenvalue weighted by Crippen LogP contribution is 2.34. The standard InChI is InChI=1S/C45H29N3O/c1-3-11-30(12-4-1)34-23-24-36-28-38(26-25-35(36)27-34)44-46-43(33-21-19-32(20-22-33)42-29-37-15-7-10-18-41(37)49-42)47-45(48-44)40-17-9-8-16-39(40)31-13-5-2-6-14-31/h1-29H. The highest BCUT2D eigenvalue weighted by Gasteiger charge is 2.16. The lowest BCUT2D eigenvalue weighted by atomic mass is 9.98. The van der Waals surface area contributed by atoms with Crippen molar-refractivity contribution in [2.75, 3.05) is 0 Å². The van der Waals surface area contributed by atoms with Crippen molar-refractivity contribution in [3.63, 3.8) is 0 Å². The van der Waals surface area contributed by atoms with Gasteiger partial charge >= 0.3 is 0 Å². The van der Waals surface area contributed by atoms with Crippen LogP contribution in [0.5, 0.6) is 0 Å². The first-order chi connectivity index (χ1) is 24.2. The Balaban J connectivity index is 1.16. The van der Waals surface area contributed by atoms with E-state index < -0.39 is 0 Å².